The third kappa shape index (κ3) is 1.75. The van der Waals surface area contributed by atoms with Crippen LogP contribution < -0.4 is 5.73 Å². The molecule has 0 aliphatic carbocycles. The Morgan fingerprint density at radius 3 is 2.81 bits per heavy atom. The number of hydrogen-bond acceptors (Lipinski definition) is 4. The van der Waals surface area contributed by atoms with Crippen LogP contribution in [0.4, 0.5) is 0 Å². The van der Waals surface area contributed by atoms with Gasteiger partial charge in [-0.05, 0) is 23.9 Å². The molecule has 5 heteroatoms. The van der Waals surface area contributed by atoms with Crippen molar-refractivity contribution >= 4 is 17.3 Å². The van der Waals surface area contributed by atoms with Crippen LogP contribution in [0.1, 0.15) is 16.9 Å². The summed E-state index contributed by atoms with van der Waals surface area (Å²) in [7, 11) is 0. The number of carbonyl (C=O) groups is 1. The van der Waals surface area contributed by atoms with Crippen LogP contribution >= 0.6 is 11.3 Å². The van der Waals surface area contributed by atoms with Crippen LogP contribution in [0.2, 0.25) is 0 Å². The van der Waals surface area contributed by atoms with E-state index in [1.165, 1.54) is 10.4 Å². The van der Waals surface area contributed by atoms with E-state index < -0.39 is 5.97 Å². The molecule has 1 aliphatic rings. The van der Waals surface area contributed by atoms with E-state index in [1.807, 2.05) is 18.4 Å². The first-order chi connectivity index (χ1) is 7.56. The summed E-state index contributed by atoms with van der Waals surface area (Å²) in [6.07, 6.45) is -0.0132. The molecule has 1 atom stereocenters. The topological polar surface area (TPSA) is 72.6 Å². The van der Waals surface area contributed by atoms with Crippen molar-refractivity contribution in [3.05, 3.63) is 21.9 Å². The van der Waals surface area contributed by atoms with Gasteiger partial charge in [-0.1, -0.05) is 0 Å². The molecular formula is C11H15NO3S. The van der Waals surface area contributed by atoms with Crippen molar-refractivity contribution < 1.29 is 14.6 Å². The van der Waals surface area contributed by atoms with Crippen molar-refractivity contribution in [2.24, 2.45) is 5.73 Å². The van der Waals surface area contributed by atoms with Gasteiger partial charge < -0.3 is 15.6 Å². The summed E-state index contributed by atoms with van der Waals surface area (Å²) in [6.45, 7) is 3.09. The molecule has 4 nitrogen and oxygen atoms in total. The van der Waals surface area contributed by atoms with Crippen molar-refractivity contribution in [1.82, 2.24) is 0 Å². The van der Waals surface area contributed by atoms with Gasteiger partial charge in [0.15, 0.2) is 0 Å². The summed E-state index contributed by atoms with van der Waals surface area (Å²) in [4.78, 5) is 11.9. The molecule has 2 rings (SSSR count). The van der Waals surface area contributed by atoms with Crippen LogP contribution in [0.5, 0.6) is 0 Å². The summed E-state index contributed by atoms with van der Waals surface area (Å²) in [6, 6.07) is 1.66. The first-order valence-electron chi connectivity index (χ1n) is 5.16. The smallest absolute Gasteiger partial charge is 0.304 e. The van der Waals surface area contributed by atoms with Gasteiger partial charge in [-0.2, -0.15) is 0 Å². The van der Waals surface area contributed by atoms with Crippen molar-refractivity contribution in [2.75, 3.05) is 13.2 Å². The zero-order chi connectivity index (χ0) is 11.8. The van der Waals surface area contributed by atoms with Gasteiger partial charge in [0.05, 0.1) is 25.0 Å². The number of nitrogens with two attached hydrogens (primary N) is 1. The minimum absolute atomic E-state index is 0.0132. The molecule has 1 fully saturated rings. The number of thiophene rings is 1. The van der Waals surface area contributed by atoms with E-state index in [0.29, 0.717) is 13.2 Å². The van der Waals surface area contributed by atoms with Gasteiger partial charge in [-0.15, -0.1) is 11.3 Å². The Morgan fingerprint density at radius 2 is 2.44 bits per heavy atom. The molecule has 0 radical (unpaired) electrons. The van der Waals surface area contributed by atoms with E-state index in [2.05, 4.69) is 0 Å². The summed E-state index contributed by atoms with van der Waals surface area (Å²) in [5.74, 6) is -0.854. The second kappa shape index (κ2) is 4.16. The lowest BCUT2D eigenvalue weighted by Crippen LogP contribution is -2.59. The van der Waals surface area contributed by atoms with Gasteiger partial charge >= 0.3 is 5.97 Å². The molecule has 1 unspecified atom stereocenters. The zero-order valence-corrected chi connectivity index (χ0v) is 9.92. The minimum atomic E-state index is -0.854. The minimum Gasteiger partial charge on any atom is -0.481 e. The van der Waals surface area contributed by atoms with Crippen LogP contribution in [0, 0.1) is 6.92 Å². The molecule has 16 heavy (non-hydrogen) atoms. The number of carboxylic acids is 1. The Bertz CT molecular complexity index is 398. The van der Waals surface area contributed by atoms with E-state index in [1.54, 1.807) is 11.3 Å². The van der Waals surface area contributed by atoms with Gasteiger partial charge in [-0.25, -0.2) is 0 Å². The summed E-state index contributed by atoms with van der Waals surface area (Å²) >= 11 is 1.63. The Labute approximate surface area is 98.0 Å². The van der Waals surface area contributed by atoms with Gasteiger partial charge in [-0.3, -0.25) is 4.79 Å². The fraction of sp³-hybridized carbons (Fsp3) is 0.545. The SMILES string of the molecule is Cc1ccsc1C1(C(N)CC(=O)O)COC1. The first kappa shape index (κ1) is 11.6. The van der Waals surface area contributed by atoms with Crippen LogP contribution in [0.25, 0.3) is 0 Å². The molecular weight excluding hydrogens is 226 g/mol. The lowest BCUT2D eigenvalue weighted by atomic mass is 9.75. The maximum atomic E-state index is 10.7. The number of carboxylic acid groups (broad SMARTS) is 1. The Hall–Kier alpha value is -0.910. The number of ether oxygens (including phenoxy) is 1. The highest BCUT2D eigenvalue weighted by Gasteiger charge is 2.47. The molecule has 0 bridgehead atoms. The summed E-state index contributed by atoms with van der Waals surface area (Å²) < 4.78 is 5.25. The highest BCUT2D eigenvalue weighted by atomic mass is 32.1. The molecule has 88 valence electrons. The summed E-state index contributed by atoms with van der Waals surface area (Å²) in [5, 5.41) is 10.8. The quantitative estimate of drug-likeness (QED) is 0.828. The monoisotopic (exact) mass is 241 g/mol. The van der Waals surface area contributed by atoms with E-state index >= 15 is 0 Å². The predicted molar refractivity (Wildman–Crippen MR) is 61.8 cm³/mol. The van der Waals surface area contributed by atoms with Gasteiger partial charge in [0.25, 0.3) is 0 Å². The standard InChI is InChI=1S/C11H15NO3S/c1-7-2-3-16-10(7)11(5-15-6-11)8(12)4-9(13)14/h2-3,8H,4-6,12H2,1H3,(H,13,14). The lowest BCUT2D eigenvalue weighted by molar-refractivity contribution is -0.140. The van der Waals surface area contributed by atoms with Crippen LogP contribution in [0.15, 0.2) is 11.4 Å². The Balaban J connectivity index is 2.26. The van der Waals surface area contributed by atoms with Gasteiger partial charge in [0.2, 0.25) is 0 Å². The maximum Gasteiger partial charge on any atom is 0.304 e. The molecule has 1 aromatic heterocycles. The Kier molecular flexibility index (Phi) is 3.01. The molecule has 0 saturated carbocycles. The summed E-state index contributed by atoms with van der Waals surface area (Å²) in [5.41, 5.74) is 6.91. The molecule has 3 N–H and O–H groups in total. The highest BCUT2D eigenvalue weighted by molar-refractivity contribution is 7.10. The molecule has 2 heterocycles. The maximum absolute atomic E-state index is 10.7. The van der Waals surface area contributed by atoms with Crippen molar-refractivity contribution in [3.63, 3.8) is 0 Å². The second-order valence-corrected chi connectivity index (χ2v) is 5.20. The average Bonchev–Trinajstić information content (AvgIpc) is 2.49. The molecule has 1 saturated heterocycles. The van der Waals surface area contributed by atoms with Crippen molar-refractivity contribution in [1.29, 1.82) is 0 Å². The normalized spacial score (nSPS) is 20.1. The molecule has 0 amide bonds. The van der Waals surface area contributed by atoms with Crippen LogP contribution in [-0.2, 0) is 14.9 Å². The van der Waals surface area contributed by atoms with Crippen molar-refractivity contribution in [2.45, 2.75) is 24.8 Å². The van der Waals surface area contributed by atoms with Gasteiger partial charge in [0.1, 0.15) is 0 Å². The molecule has 0 spiro atoms. The second-order valence-electron chi connectivity index (χ2n) is 4.29. The Morgan fingerprint density at radius 1 is 1.75 bits per heavy atom. The number of rotatable bonds is 4. The first-order valence-corrected chi connectivity index (χ1v) is 6.04. The number of aliphatic carboxylic acids is 1. The highest BCUT2D eigenvalue weighted by Crippen LogP contribution is 2.40. The molecule has 1 aliphatic heterocycles. The fourth-order valence-corrected chi connectivity index (χ4v) is 3.27. The predicted octanol–water partition coefficient (Wildman–Crippen LogP) is 1.13. The third-order valence-electron chi connectivity index (χ3n) is 3.14. The third-order valence-corrected chi connectivity index (χ3v) is 4.37. The number of aryl methyl sites for hydroxylation is 1. The van der Waals surface area contributed by atoms with E-state index in [0.717, 1.165) is 0 Å². The number of hydrogen-bond donors (Lipinski definition) is 2. The van der Waals surface area contributed by atoms with E-state index in [9.17, 15) is 4.79 Å². The van der Waals surface area contributed by atoms with Crippen LogP contribution in [0.3, 0.4) is 0 Å². The molecule has 1 aromatic rings. The van der Waals surface area contributed by atoms with Crippen LogP contribution in [-0.4, -0.2) is 30.3 Å². The van der Waals surface area contributed by atoms with E-state index in [4.69, 9.17) is 15.6 Å². The lowest BCUT2D eigenvalue weighted by Gasteiger charge is -2.45. The fourth-order valence-electron chi connectivity index (χ4n) is 2.10. The average molecular weight is 241 g/mol. The molecule has 0 aromatic carbocycles. The largest absolute Gasteiger partial charge is 0.481 e. The van der Waals surface area contributed by atoms with E-state index in [-0.39, 0.29) is 17.9 Å². The van der Waals surface area contributed by atoms with Crippen molar-refractivity contribution in [3.8, 4) is 0 Å². The zero-order valence-electron chi connectivity index (χ0n) is 9.10. The van der Waals surface area contributed by atoms with Gasteiger partial charge in [0, 0.05) is 10.9 Å².